The molecule has 0 fully saturated rings. The van der Waals surface area contributed by atoms with Crippen molar-refractivity contribution in [2.24, 2.45) is 0 Å². The van der Waals surface area contributed by atoms with Gasteiger partial charge in [0.15, 0.2) is 0 Å². The Morgan fingerprint density at radius 2 is 2.00 bits per heavy atom. The molecule has 1 heterocycles. The van der Waals surface area contributed by atoms with E-state index in [1.54, 1.807) is 24.3 Å². The number of nitro groups is 1. The first-order valence-corrected chi connectivity index (χ1v) is 8.55. The number of non-ortho nitro benzene ring substituents is 1. The highest BCUT2D eigenvalue weighted by molar-refractivity contribution is 9.10. The average Bonchev–Trinajstić information content (AvgIpc) is 2.97. The minimum atomic E-state index is -0.638. The first kappa shape index (κ1) is 18.7. The lowest BCUT2D eigenvalue weighted by atomic mass is 10.3. The third-order valence-electron chi connectivity index (χ3n) is 3.45. The summed E-state index contributed by atoms with van der Waals surface area (Å²) in [5, 5.41) is 21.0. The van der Waals surface area contributed by atoms with E-state index in [1.165, 1.54) is 18.2 Å². The van der Waals surface area contributed by atoms with Crippen LogP contribution in [0.15, 0.2) is 51.7 Å². The van der Waals surface area contributed by atoms with E-state index >= 15 is 0 Å². The molecule has 0 aliphatic rings. The molecule has 0 spiro atoms. The molecule has 0 bridgehead atoms. The zero-order valence-corrected chi connectivity index (χ0v) is 15.7. The number of hydrogen-bond acceptors (Lipinski definition) is 6. The molecule has 2 aromatic carbocycles. The third kappa shape index (κ3) is 4.04. The van der Waals surface area contributed by atoms with Gasteiger partial charge < -0.3 is 5.32 Å². The van der Waals surface area contributed by atoms with E-state index < -0.39 is 23.1 Å². The molecule has 3 rings (SSSR count). The van der Waals surface area contributed by atoms with Crippen molar-refractivity contribution in [3.8, 4) is 5.69 Å². The van der Waals surface area contributed by atoms with Crippen LogP contribution in [-0.2, 0) is 11.3 Å². The van der Waals surface area contributed by atoms with Crippen molar-refractivity contribution in [2.45, 2.75) is 6.54 Å². The molecule has 0 saturated heterocycles. The summed E-state index contributed by atoms with van der Waals surface area (Å²) in [4.78, 5) is 34.8. The van der Waals surface area contributed by atoms with Gasteiger partial charge in [0.2, 0.25) is 5.91 Å². The molecule has 0 atom stereocenters. The van der Waals surface area contributed by atoms with E-state index in [0.29, 0.717) is 20.9 Å². The summed E-state index contributed by atoms with van der Waals surface area (Å²) in [6.45, 7) is -0.396. The quantitative estimate of drug-likeness (QED) is 0.467. The molecule has 0 aliphatic heterocycles. The van der Waals surface area contributed by atoms with Gasteiger partial charge in [-0.15, -0.1) is 0 Å². The van der Waals surface area contributed by atoms with E-state index in [1.807, 2.05) is 0 Å². The maximum absolute atomic E-state index is 12.4. The van der Waals surface area contributed by atoms with Crippen molar-refractivity contribution in [1.82, 2.24) is 19.8 Å². The van der Waals surface area contributed by atoms with E-state index in [4.69, 9.17) is 11.6 Å². The number of aromatic nitrogens is 4. The van der Waals surface area contributed by atoms with Crippen LogP contribution in [0.25, 0.3) is 5.69 Å². The monoisotopic (exact) mass is 452 g/mol. The number of halogens is 2. The molecule has 1 amide bonds. The highest BCUT2D eigenvalue weighted by Crippen LogP contribution is 2.27. The molecule has 3 aromatic rings. The van der Waals surface area contributed by atoms with Crippen LogP contribution in [0.3, 0.4) is 0 Å². The summed E-state index contributed by atoms with van der Waals surface area (Å²) >= 11 is 9.19. The Hall–Kier alpha value is -3.05. The van der Waals surface area contributed by atoms with Gasteiger partial charge in [-0.25, -0.2) is 4.79 Å². The van der Waals surface area contributed by atoms with Crippen LogP contribution < -0.4 is 11.0 Å². The molecule has 0 aliphatic carbocycles. The number of benzene rings is 2. The lowest BCUT2D eigenvalue weighted by Crippen LogP contribution is -2.29. The van der Waals surface area contributed by atoms with E-state index in [-0.39, 0.29) is 5.69 Å². The van der Waals surface area contributed by atoms with Crippen LogP contribution >= 0.6 is 27.5 Å². The summed E-state index contributed by atoms with van der Waals surface area (Å²) in [7, 11) is 0. The summed E-state index contributed by atoms with van der Waals surface area (Å²) in [6.07, 6.45) is 0. The van der Waals surface area contributed by atoms with Gasteiger partial charge in [0.1, 0.15) is 6.54 Å². The first-order valence-electron chi connectivity index (χ1n) is 7.38. The Labute approximate surface area is 164 Å². The predicted molar refractivity (Wildman–Crippen MR) is 100 cm³/mol. The zero-order valence-electron chi connectivity index (χ0n) is 13.4. The van der Waals surface area contributed by atoms with Gasteiger partial charge in [0.25, 0.3) is 5.69 Å². The summed E-state index contributed by atoms with van der Waals surface area (Å²) in [5.74, 6) is -0.558. The molecule has 27 heavy (non-hydrogen) atoms. The van der Waals surface area contributed by atoms with Crippen LogP contribution in [0, 0.1) is 10.1 Å². The van der Waals surface area contributed by atoms with Gasteiger partial charge in [-0.3, -0.25) is 14.9 Å². The number of rotatable bonds is 5. The normalized spacial score (nSPS) is 10.6. The SMILES string of the molecule is O=C(Cn1nnn(-c2ccccc2Cl)c1=O)Nc1ccc([N+](=O)[O-])cc1Br. The van der Waals surface area contributed by atoms with E-state index in [2.05, 4.69) is 31.7 Å². The molecule has 0 radical (unpaired) electrons. The topological polar surface area (TPSA) is 125 Å². The number of para-hydroxylation sites is 1. The number of tetrazole rings is 1. The van der Waals surface area contributed by atoms with Crippen LogP contribution in [0.1, 0.15) is 0 Å². The van der Waals surface area contributed by atoms with Gasteiger partial charge in [0, 0.05) is 16.6 Å². The fourth-order valence-electron chi connectivity index (χ4n) is 2.19. The second-order valence-electron chi connectivity index (χ2n) is 5.25. The van der Waals surface area contributed by atoms with Gasteiger partial charge in [-0.05, 0) is 44.6 Å². The van der Waals surface area contributed by atoms with E-state index in [9.17, 15) is 19.7 Å². The second kappa shape index (κ2) is 7.68. The molecule has 12 heteroatoms. The van der Waals surface area contributed by atoms with Crippen LogP contribution in [0.4, 0.5) is 11.4 Å². The number of carbonyl (C=O) groups excluding carboxylic acids is 1. The molecule has 0 unspecified atom stereocenters. The number of carbonyl (C=O) groups is 1. The predicted octanol–water partition coefficient (Wildman–Crippen LogP) is 2.39. The summed E-state index contributed by atoms with van der Waals surface area (Å²) < 4.78 is 2.19. The Kier molecular flexibility index (Phi) is 5.33. The van der Waals surface area contributed by atoms with Crippen LogP contribution in [-0.4, -0.2) is 30.6 Å². The Morgan fingerprint density at radius 3 is 2.67 bits per heavy atom. The fourth-order valence-corrected chi connectivity index (χ4v) is 2.87. The molecular formula is C15H10BrClN6O4. The molecule has 1 aromatic heterocycles. The fraction of sp³-hybridized carbons (Fsp3) is 0.0667. The maximum Gasteiger partial charge on any atom is 0.369 e. The van der Waals surface area contributed by atoms with Gasteiger partial charge in [0.05, 0.1) is 21.3 Å². The number of amides is 1. The second-order valence-corrected chi connectivity index (χ2v) is 6.51. The van der Waals surface area contributed by atoms with Crippen LogP contribution in [0.5, 0.6) is 0 Å². The smallest absolute Gasteiger partial charge is 0.323 e. The van der Waals surface area contributed by atoms with Gasteiger partial charge in [-0.2, -0.15) is 9.36 Å². The maximum atomic E-state index is 12.4. The van der Waals surface area contributed by atoms with Crippen LogP contribution in [0.2, 0.25) is 5.02 Å². The highest BCUT2D eigenvalue weighted by Gasteiger charge is 2.16. The van der Waals surface area contributed by atoms with Crippen molar-refractivity contribution in [2.75, 3.05) is 5.32 Å². The molecule has 138 valence electrons. The number of nitrogens with one attached hydrogen (secondary N) is 1. The van der Waals surface area contributed by atoms with Crippen molar-refractivity contribution in [3.63, 3.8) is 0 Å². The summed E-state index contributed by atoms with van der Waals surface area (Å²) in [5.41, 5.74) is -0.106. The minimum absolute atomic E-state index is 0.126. The average molecular weight is 454 g/mol. The standard InChI is InChI=1S/C15H10BrClN6O4/c16-10-7-9(23(26)27)5-6-12(10)18-14(24)8-21-15(25)22(20-19-21)13-4-2-1-3-11(13)17/h1-7H,8H2,(H,18,24). The summed E-state index contributed by atoms with van der Waals surface area (Å²) in [6, 6.07) is 10.5. The third-order valence-corrected chi connectivity index (χ3v) is 4.43. The zero-order chi connectivity index (χ0) is 19.6. The molecular weight excluding hydrogens is 444 g/mol. The molecule has 10 nitrogen and oxygen atoms in total. The van der Waals surface area contributed by atoms with Crippen molar-refractivity contribution < 1.29 is 9.72 Å². The lowest BCUT2D eigenvalue weighted by Gasteiger charge is -2.06. The number of hydrogen-bond donors (Lipinski definition) is 1. The van der Waals surface area contributed by atoms with E-state index in [0.717, 1.165) is 9.36 Å². The van der Waals surface area contributed by atoms with Gasteiger partial charge >= 0.3 is 5.69 Å². The number of nitrogens with zero attached hydrogens (tertiary/aromatic N) is 5. The Bertz CT molecular complexity index is 1100. The van der Waals surface area contributed by atoms with Crippen molar-refractivity contribution in [3.05, 3.63) is 72.6 Å². The first-order chi connectivity index (χ1) is 12.9. The van der Waals surface area contributed by atoms with Crippen molar-refractivity contribution in [1.29, 1.82) is 0 Å². The Morgan fingerprint density at radius 1 is 1.26 bits per heavy atom. The molecule has 0 saturated carbocycles. The lowest BCUT2D eigenvalue weighted by molar-refractivity contribution is -0.384. The number of nitro benzene ring substituents is 1. The molecule has 1 N–H and O–H groups in total. The minimum Gasteiger partial charge on any atom is -0.323 e. The highest BCUT2D eigenvalue weighted by atomic mass is 79.9. The number of anilines is 1. The largest absolute Gasteiger partial charge is 0.369 e. The van der Waals surface area contributed by atoms with Gasteiger partial charge in [-0.1, -0.05) is 23.7 Å². The van der Waals surface area contributed by atoms with Crippen molar-refractivity contribution >= 4 is 44.8 Å². The Balaban J connectivity index is 1.77.